The van der Waals surface area contributed by atoms with Gasteiger partial charge in [-0.15, -0.1) is 0 Å². The molecule has 0 spiro atoms. The molecule has 0 radical (unpaired) electrons. The van der Waals surface area contributed by atoms with Crippen LogP contribution in [-0.2, 0) is 4.79 Å². The Morgan fingerprint density at radius 1 is 1.00 bits per heavy atom. The molecule has 132 valence electrons. The number of amides is 1. The molecule has 0 aliphatic heterocycles. The summed E-state index contributed by atoms with van der Waals surface area (Å²) < 4.78 is 16.1. The lowest BCUT2D eigenvalue weighted by Crippen LogP contribution is -2.07. The zero-order valence-corrected chi connectivity index (χ0v) is 14.7. The van der Waals surface area contributed by atoms with Gasteiger partial charge in [-0.05, 0) is 61.9 Å². The van der Waals surface area contributed by atoms with Crippen molar-refractivity contribution in [2.24, 2.45) is 0 Å². The molecule has 1 amide bonds. The Morgan fingerprint density at radius 3 is 2.36 bits per heavy atom. The molecule has 1 N–H and O–H groups in total. The second kappa shape index (κ2) is 9.37. The second-order valence-corrected chi connectivity index (χ2v) is 5.12. The standard InChI is InChI=1S/C20H23NO4/c1-4-24-17-10-8-16(9-11-17)21-20(22)13-7-15-6-12-18(23-3)19(14-15)25-5-2/h6-14H,4-5H2,1-3H3,(H,21,22)/b13-7+. The number of nitrogens with one attached hydrogen (secondary N) is 1. The Hall–Kier alpha value is -2.95. The molecule has 2 rings (SSSR count). The monoisotopic (exact) mass is 341 g/mol. The largest absolute Gasteiger partial charge is 0.494 e. The first-order valence-electron chi connectivity index (χ1n) is 8.19. The van der Waals surface area contributed by atoms with Gasteiger partial charge in [-0.1, -0.05) is 6.07 Å². The number of hydrogen-bond donors (Lipinski definition) is 1. The lowest BCUT2D eigenvalue weighted by Gasteiger charge is -2.09. The molecule has 5 nitrogen and oxygen atoms in total. The summed E-state index contributed by atoms with van der Waals surface area (Å²) in [6.07, 6.45) is 3.21. The SMILES string of the molecule is CCOc1ccc(NC(=O)/C=C/c2ccc(OC)c(OCC)c2)cc1. The Kier molecular flexibility index (Phi) is 6.89. The highest BCUT2D eigenvalue weighted by atomic mass is 16.5. The van der Waals surface area contributed by atoms with E-state index in [9.17, 15) is 4.79 Å². The summed E-state index contributed by atoms with van der Waals surface area (Å²) >= 11 is 0. The average Bonchev–Trinajstić information content (AvgIpc) is 2.62. The molecule has 0 bridgehead atoms. The maximum atomic E-state index is 12.0. The van der Waals surface area contributed by atoms with Crippen LogP contribution in [0.2, 0.25) is 0 Å². The maximum absolute atomic E-state index is 12.0. The van der Waals surface area contributed by atoms with E-state index in [4.69, 9.17) is 14.2 Å². The van der Waals surface area contributed by atoms with Crippen LogP contribution < -0.4 is 19.5 Å². The summed E-state index contributed by atoms with van der Waals surface area (Å²) in [6.45, 7) is 4.99. The summed E-state index contributed by atoms with van der Waals surface area (Å²) in [5.41, 5.74) is 1.56. The summed E-state index contributed by atoms with van der Waals surface area (Å²) in [5, 5.41) is 2.81. The van der Waals surface area contributed by atoms with Gasteiger partial charge in [0.05, 0.1) is 20.3 Å². The van der Waals surface area contributed by atoms with E-state index < -0.39 is 0 Å². The molecule has 0 aliphatic carbocycles. The molecule has 2 aromatic carbocycles. The van der Waals surface area contributed by atoms with Crippen molar-refractivity contribution < 1.29 is 19.0 Å². The molecule has 0 fully saturated rings. The molecule has 0 unspecified atom stereocenters. The number of hydrogen-bond acceptors (Lipinski definition) is 4. The van der Waals surface area contributed by atoms with Crippen molar-refractivity contribution in [1.29, 1.82) is 0 Å². The van der Waals surface area contributed by atoms with Gasteiger partial charge in [-0.3, -0.25) is 4.79 Å². The maximum Gasteiger partial charge on any atom is 0.248 e. The summed E-state index contributed by atoms with van der Waals surface area (Å²) in [4.78, 5) is 12.0. The second-order valence-electron chi connectivity index (χ2n) is 5.12. The van der Waals surface area contributed by atoms with Crippen LogP contribution in [0.5, 0.6) is 17.2 Å². The third-order valence-electron chi connectivity index (χ3n) is 3.35. The highest BCUT2D eigenvalue weighted by molar-refractivity contribution is 6.01. The minimum Gasteiger partial charge on any atom is -0.494 e. The lowest BCUT2D eigenvalue weighted by molar-refractivity contribution is -0.111. The number of carbonyl (C=O) groups is 1. The minimum absolute atomic E-state index is 0.210. The minimum atomic E-state index is -0.210. The third kappa shape index (κ3) is 5.57. The van der Waals surface area contributed by atoms with Crippen LogP contribution >= 0.6 is 0 Å². The first kappa shape index (κ1) is 18.4. The smallest absolute Gasteiger partial charge is 0.248 e. The van der Waals surface area contributed by atoms with Crippen molar-refractivity contribution in [2.45, 2.75) is 13.8 Å². The van der Waals surface area contributed by atoms with Crippen molar-refractivity contribution in [3.63, 3.8) is 0 Å². The van der Waals surface area contributed by atoms with Crippen LogP contribution in [0.15, 0.2) is 48.5 Å². The van der Waals surface area contributed by atoms with Gasteiger partial charge < -0.3 is 19.5 Å². The van der Waals surface area contributed by atoms with Crippen LogP contribution in [0.1, 0.15) is 19.4 Å². The molecule has 0 saturated heterocycles. The van der Waals surface area contributed by atoms with E-state index in [1.54, 1.807) is 25.3 Å². The Labute approximate surface area is 148 Å². The molecule has 5 heteroatoms. The fourth-order valence-corrected chi connectivity index (χ4v) is 2.22. The first-order chi connectivity index (χ1) is 12.2. The zero-order valence-electron chi connectivity index (χ0n) is 14.7. The molecule has 0 aliphatic rings. The van der Waals surface area contributed by atoms with Crippen LogP contribution in [0.3, 0.4) is 0 Å². The quantitative estimate of drug-likeness (QED) is 0.733. The van der Waals surface area contributed by atoms with Crippen molar-refractivity contribution in [1.82, 2.24) is 0 Å². The van der Waals surface area contributed by atoms with Gasteiger partial charge in [0, 0.05) is 11.8 Å². The molecule has 0 atom stereocenters. The van der Waals surface area contributed by atoms with E-state index in [-0.39, 0.29) is 5.91 Å². The fraction of sp³-hybridized carbons (Fsp3) is 0.250. The van der Waals surface area contributed by atoms with Crippen molar-refractivity contribution in [3.05, 3.63) is 54.1 Å². The molecule has 25 heavy (non-hydrogen) atoms. The lowest BCUT2D eigenvalue weighted by atomic mass is 10.2. The average molecular weight is 341 g/mol. The fourth-order valence-electron chi connectivity index (χ4n) is 2.22. The van der Waals surface area contributed by atoms with E-state index in [0.717, 1.165) is 11.3 Å². The van der Waals surface area contributed by atoms with E-state index in [1.807, 2.05) is 44.2 Å². The van der Waals surface area contributed by atoms with E-state index >= 15 is 0 Å². The highest BCUT2D eigenvalue weighted by Gasteiger charge is 2.04. The Balaban J connectivity index is 2.00. The molecule has 0 saturated carbocycles. The molecular weight excluding hydrogens is 318 g/mol. The van der Waals surface area contributed by atoms with Gasteiger partial charge in [-0.2, -0.15) is 0 Å². The molecule has 0 aromatic heterocycles. The third-order valence-corrected chi connectivity index (χ3v) is 3.35. The number of anilines is 1. The van der Waals surface area contributed by atoms with Crippen molar-refractivity contribution in [3.8, 4) is 17.2 Å². The molecular formula is C20H23NO4. The highest BCUT2D eigenvalue weighted by Crippen LogP contribution is 2.28. The van der Waals surface area contributed by atoms with E-state index in [0.29, 0.717) is 30.4 Å². The van der Waals surface area contributed by atoms with Gasteiger partial charge >= 0.3 is 0 Å². The number of benzene rings is 2. The van der Waals surface area contributed by atoms with Gasteiger partial charge in [0.15, 0.2) is 11.5 Å². The zero-order chi connectivity index (χ0) is 18.1. The van der Waals surface area contributed by atoms with Crippen molar-refractivity contribution in [2.75, 3.05) is 25.6 Å². The van der Waals surface area contributed by atoms with E-state index in [2.05, 4.69) is 5.32 Å². The van der Waals surface area contributed by atoms with Crippen LogP contribution in [-0.4, -0.2) is 26.2 Å². The Bertz CT molecular complexity index is 723. The topological polar surface area (TPSA) is 56.8 Å². The number of rotatable bonds is 8. The predicted molar refractivity (Wildman–Crippen MR) is 99.4 cm³/mol. The molecule has 0 heterocycles. The van der Waals surface area contributed by atoms with Gasteiger partial charge in [0.2, 0.25) is 5.91 Å². The van der Waals surface area contributed by atoms with E-state index in [1.165, 1.54) is 6.08 Å². The summed E-state index contributed by atoms with van der Waals surface area (Å²) in [7, 11) is 1.59. The van der Waals surface area contributed by atoms with Crippen LogP contribution in [0.25, 0.3) is 6.08 Å². The van der Waals surface area contributed by atoms with Gasteiger partial charge in [-0.25, -0.2) is 0 Å². The van der Waals surface area contributed by atoms with Gasteiger partial charge in [0.25, 0.3) is 0 Å². The predicted octanol–water partition coefficient (Wildman–Crippen LogP) is 4.14. The molecule has 2 aromatic rings. The summed E-state index contributed by atoms with van der Waals surface area (Å²) in [6, 6.07) is 12.8. The Morgan fingerprint density at radius 2 is 1.72 bits per heavy atom. The first-order valence-corrected chi connectivity index (χ1v) is 8.19. The number of ether oxygens (including phenoxy) is 3. The van der Waals surface area contributed by atoms with Crippen molar-refractivity contribution >= 4 is 17.7 Å². The summed E-state index contributed by atoms with van der Waals surface area (Å²) in [5.74, 6) is 1.88. The number of methoxy groups -OCH3 is 1. The van der Waals surface area contributed by atoms with Crippen LogP contribution in [0.4, 0.5) is 5.69 Å². The normalized spacial score (nSPS) is 10.5. The van der Waals surface area contributed by atoms with Crippen LogP contribution in [0, 0.1) is 0 Å². The number of carbonyl (C=O) groups excluding carboxylic acids is 1. The van der Waals surface area contributed by atoms with Gasteiger partial charge in [0.1, 0.15) is 5.75 Å².